The van der Waals surface area contributed by atoms with E-state index in [1.807, 2.05) is 0 Å². The highest BCUT2D eigenvalue weighted by Gasteiger charge is 2.36. The Morgan fingerprint density at radius 1 is 1.55 bits per heavy atom. The Labute approximate surface area is 137 Å². The summed E-state index contributed by atoms with van der Waals surface area (Å²) >= 11 is 7.30. The lowest BCUT2D eigenvalue weighted by Gasteiger charge is -2.10. The number of carbonyl (C=O) groups excluding carboxylic acids is 2. The molecule has 8 heteroatoms. The highest BCUT2D eigenvalue weighted by atomic mass is 35.5. The van der Waals surface area contributed by atoms with Gasteiger partial charge in [-0.15, -0.1) is 0 Å². The van der Waals surface area contributed by atoms with Gasteiger partial charge < -0.3 is 10.1 Å². The average Bonchev–Trinajstić information content (AvgIpc) is 2.75. The molecule has 0 bridgehead atoms. The van der Waals surface area contributed by atoms with Gasteiger partial charge in [0.25, 0.3) is 0 Å². The van der Waals surface area contributed by atoms with Gasteiger partial charge in [0.15, 0.2) is 5.17 Å². The van der Waals surface area contributed by atoms with Crippen molar-refractivity contribution < 1.29 is 14.3 Å². The summed E-state index contributed by atoms with van der Waals surface area (Å²) in [5, 5.41) is 3.31. The molecule has 22 heavy (non-hydrogen) atoms. The minimum Gasteiger partial charge on any atom is -0.495 e. The molecule has 2 amide bonds. The maximum absolute atomic E-state index is 12.1. The molecule has 0 aliphatic carbocycles. The van der Waals surface area contributed by atoms with Crippen LogP contribution in [-0.2, 0) is 9.59 Å². The summed E-state index contributed by atoms with van der Waals surface area (Å²) in [5.41, 5.74) is 0.559. The Morgan fingerprint density at radius 2 is 2.27 bits per heavy atom. The fraction of sp³-hybridized carbons (Fsp3) is 0.357. The number of anilines is 1. The standard InChI is InChI=1S/C14H16ClN3O3S/c1-16-14-18(2)13(20)11(22-14)7-12(19)17-8-4-5-10(21-3)9(15)6-8/h4-6,11H,7H2,1-3H3,(H,17,19). The number of hydrogen-bond donors (Lipinski definition) is 1. The van der Waals surface area contributed by atoms with Gasteiger partial charge in [0, 0.05) is 26.2 Å². The van der Waals surface area contributed by atoms with E-state index in [1.165, 1.54) is 23.8 Å². The topological polar surface area (TPSA) is 71.0 Å². The van der Waals surface area contributed by atoms with E-state index in [2.05, 4.69) is 10.3 Å². The van der Waals surface area contributed by atoms with Crippen molar-refractivity contribution in [2.24, 2.45) is 4.99 Å². The molecule has 1 aromatic carbocycles. The van der Waals surface area contributed by atoms with E-state index in [4.69, 9.17) is 16.3 Å². The Morgan fingerprint density at radius 3 is 2.82 bits per heavy atom. The molecule has 1 aliphatic heterocycles. The Kier molecular flexibility index (Phi) is 5.31. The summed E-state index contributed by atoms with van der Waals surface area (Å²) in [6, 6.07) is 4.97. The zero-order chi connectivity index (χ0) is 16.3. The summed E-state index contributed by atoms with van der Waals surface area (Å²) in [6.07, 6.45) is 0.0799. The molecule has 118 valence electrons. The van der Waals surface area contributed by atoms with Gasteiger partial charge in [0.05, 0.1) is 12.1 Å². The lowest BCUT2D eigenvalue weighted by atomic mass is 10.2. The van der Waals surface area contributed by atoms with Crippen molar-refractivity contribution >= 4 is 46.0 Å². The molecule has 6 nitrogen and oxygen atoms in total. The third kappa shape index (κ3) is 3.53. The number of aliphatic imine (C=N–C) groups is 1. The third-order valence-electron chi connectivity index (χ3n) is 3.14. The fourth-order valence-corrected chi connectivity index (χ4v) is 3.38. The molecule has 1 aliphatic rings. The third-order valence-corrected chi connectivity index (χ3v) is 4.75. The second-order valence-corrected chi connectivity index (χ2v) is 6.19. The molecular weight excluding hydrogens is 326 g/mol. The van der Waals surface area contributed by atoms with Crippen molar-refractivity contribution in [2.45, 2.75) is 11.7 Å². The van der Waals surface area contributed by atoms with E-state index in [-0.39, 0.29) is 18.2 Å². The molecule has 1 aromatic rings. The van der Waals surface area contributed by atoms with Gasteiger partial charge in [0.2, 0.25) is 11.8 Å². The number of nitrogens with one attached hydrogen (secondary N) is 1. The number of ether oxygens (including phenoxy) is 1. The van der Waals surface area contributed by atoms with Crippen LogP contribution in [0.5, 0.6) is 5.75 Å². The van der Waals surface area contributed by atoms with Gasteiger partial charge in [-0.05, 0) is 18.2 Å². The highest BCUT2D eigenvalue weighted by molar-refractivity contribution is 8.15. The number of halogens is 1. The van der Waals surface area contributed by atoms with Crippen molar-refractivity contribution in [3.05, 3.63) is 23.2 Å². The first-order valence-electron chi connectivity index (χ1n) is 6.50. The zero-order valence-corrected chi connectivity index (χ0v) is 14.0. The maximum Gasteiger partial charge on any atom is 0.242 e. The van der Waals surface area contributed by atoms with Crippen LogP contribution >= 0.6 is 23.4 Å². The Bertz CT molecular complexity index is 636. The van der Waals surface area contributed by atoms with Crippen LogP contribution in [0.25, 0.3) is 0 Å². The van der Waals surface area contributed by atoms with E-state index in [0.29, 0.717) is 21.6 Å². The van der Waals surface area contributed by atoms with E-state index in [9.17, 15) is 9.59 Å². The number of amidine groups is 1. The smallest absolute Gasteiger partial charge is 0.242 e. The van der Waals surface area contributed by atoms with E-state index < -0.39 is 5.25 Å². The molecule has 1 atom stereocenters. The number of carbonyl (C=O) groups is 2. The summed E-state index contributed by atoms with van der Waals surface area (Å²) in [7, 11) is 4.79. The average molecular weight is 342 g/mol. The number of methoxy groups -OCH3 is 1. The monoisotopic (exact) mass is 341 g/mol. The van der Waals surface area contributed by atoms with Crippen LogP contribution in [0.1, 0.15) is 6.42 Å². The predicted molar refractivity (Wildman–Crippen MR) is 88.8 cm³/mol. The Balaban J connectivity index is 1.99. The molecule has 0 radical (unpaired) electrons. The first kappa shape index (κ1) is 16.6. The molecule has 1 unspecified atom stereocenters. The Hall–Kier alpha value is -1.73. The zero-order valence-electron chi connectivity index (χ0n) is 12.4. The lowest BCUT2D eigenvalue weighted by Crippen LogP contribution is -2.30. The molecule has 1 fully saturated rings. The van der Waals surface area contributed by atoms with Gasteiger partial charge in [-0.25, -0.2) is 0 Å². The number of rotatable bonds is 4. The highest BCUT2D eigenvalue weighted by Crippen LogP contribution is 2.30. The summed E-state index contributed by atoms with van der Waals surface area (Å²) in [4.78, 5) is 29.6. The molecule has 1 heterocycles. The van der Waals surface area contributed by atoms with Crippen LogP contribution in [-0.4, -0.2) is 48.3 Å². The van der Waals surface area contributed by atoms with Gasteiger partial charge in [-0.2, -0.15) is 0 Å². The number of nitrogens with zero attached hydrogens (tertiary/aromatic N) is 2. The van der Waals surface area contributed by atoms with Gasteiger partial charge in [0.1, 0.15) is 11.0 Å². The lowest BCUT2D eigenvalue weighted by molar-refractivity contribution is -0.127. The van der Waals surface area contributed by atoms with Crippen molar-refractivity contribution in [3.8, 4) is 5.75 Å². The minimum atomic E-state index is -0.447. The molecule has 1 N–H and O–H groups in total. The van der Waals surface area contributed by atoms with Crippen molar-refractivity contribution in [1.82, 2.24) is 4.90 Å². The quantitative estimate of drug-likeness (QED) is 0.911. The largest absolute Gasteiger partial charge is 0.495 e. The van der Waals surface area contributed by atoms with Gasteiger partial charge in [-0.1, -0.05) is 23.4 Å². The van der Waals surface area contributed by atoms with Crippen LogP contribution in [0.2, 0.25) is 5.02 Å². The summed E-state index contributed by atoms with van der Waals surface area (Å²) in [5.74, 6) is 0.165. The van der Waals surface area contributed by atoms with Crippen LogP contribution < -0.4 is 10.1 Å². The first-order valence-corrected chi connectivity index (χ1v) is 7.76. The molecule has 0 saturated carbocycles. The molecule has 2 rings (SSSR count). The second kappa shape index (κ2) is 7.02. The molecule has 0 aromatic heterocycles. The number of hydrogen-bond acceptors (Lipinski definition) is 5. The molecule has 0 spiro atoms. The SMILES string of the molecule is CN=C1SC(CC(=O)Nc2ccc(OC)c(Cl)c2)C(=O)N1C. The number of amides is 2. The maximum atomic E-state index is 12.1. The summed E-state index contributed by atoms with van der Waals surface area (Å²) in [6.45, 7) is 0. The first-order chi connectivity index (χ1) is 10.5. The number of thioether (sulfide) groups is 1. The van der Waals surface area contributed by atoms with Crippen molar-refractivity contribution in [2.75, 3.05) is 26.5 Å². The van der Waals surface area contributed by atoms with Crippen LogP contribution in [0.4, 0.5) is 5.69 Å². The van der Waals surface area contributed by atoms with Crippen LogP contribution in [0, 0.1) is 0 Å². The van der Waals surface area contributed by atoms with Crippen molar-refractivity contribution in [1.29, 1.82) is 0 Å². The van der Waals surface area contributed by atoms with E-state index >= 15 is 0 Å². The predicted octanol–water partition coefficient (Wildman–Crippen LogP) is 2.24. The van der Waals surface area contributed by atoms with Crippen LogP contribution in [0.3, 0.4) is 0 Å². The summed E-state index contributed by atoms with van der Waals surface area (Å²) < 4.78 is 5.05. The van der Waals surface area contributed by atoms with E-state index in [0.717, 1.165) is 0 Å². The second-order valence-electron chi connectivity index (χ2n) is 4.61. The number of benzene rings is 1. The van der Waals surface area contributed by atoms with Gasteiger partial charge >= 0.3 is 0 Å². The van der Waals surface area contributed by atoms with Crippen LogP contribution in [0.15, 0.2) is 23.2 Å². The molecule has 1 saturated heterocycles. The minimum absolute atomic E-state index is 0.0799. The molecular formula is C14H16ClN3O3S. The van der Waals surface area contributed by atoms with Crippen molar-refractivity contribution in [3.63, 3.8) is 0 Å². The fourth-order valence-electron chi connectivity index (χ4n) is 2.02. The normalized spacial score (nSPS) is 19.6. The van der Waals surface area contributed by atoms with E-state index in [1.54, 1.807) is 32.3 Å². The van der Waals surface area contributed by atoms with Gasteiger partial charge in [-0.3, -0.25) is 19.5 Å².